The van der Waals surface area contributed by atoms with Crippen molar-refractivity contribution in [2.24, 2.45) is 11.7 Å². The van der Waals surface area contributed by atoms with E-state index in [1.807, 2.05) is 6.92 Å². The molecule has 1 aromatic carbocycles. The van der Waals surface area contributed by atoms with Gasteiger partial charge in [-0.2, -0.15) is 0 Å². The summed E-state index contributed by atoms with van der Waals surface area (Å²) >= 11 is 0. The predicted molar refractivity (Wildman–Crippen MR) is 75.5 cm³/mol. The molecule has 1 amide bonds. The molecule has 1 heterocycles. The molecule has 2 rings (SSSR count). The molecule has 20 heavy (non-hydrogen) atoms. The van der Waals surface area contributed by atoms with Crippen LogP contribution in [0.2, 0.25) is 0 Å². The van der Waals surface area contributed by atoms with Crippen LogP contribution in [0.1, 0.15) is 29.3 Å². The summed E-state index contributed by atoms with van der Waals surface area (Å²) in [7, 11) is 0. The Labute approximate surface area is 117 Å². The third-order valence-corrected chi connectivity index (χ3v) is 3.91. The van der Waals surface area contributed by atoms with Gasteiger partial charge in [-0.15, -0.1) is 0 Å². The molecule has 0 spiro atoms. The minimum atomic E-state index is -0.455. The number of likely N-dealkylation sites (tertiary alicyclic amines) is 1. The van der Waals surface area contributed by atoms with Crippen LogP contribution in [-0.2, 0) is 0 Å². The number of hydrogen-bond donors (Lipinski definition) is 1. The topological polar surface area (TPSA) is 89.5 Å². The number of nitro groups is 1. The van der Waals surface area contributed by atoms with Crippen molar-refractivity contribution < 1.29 is 9.72 Å². The lowest BCUT2D eigenvalue weighted by Crippen LogP contribution is -2.48. The van der Waals surface area contributed by atoms with Gasteiger partial charge in [-0.3, -0.25) is 14.9 Å². The molecule has 1 aromatic rings. The van der Waals surface area contributed by atoms with Gasteiger partial charge in [0.15, 0.2) is 0 Å². The van der Waals surface area contributed by atoms with Gasteiger partial charge in [0.2, 0.25) is 0 Å². The summed E-state index contributed by atoms with van der Waals surface area (Å²) < 4.78 is 0. The molecule has 1 aliphatic heterocycles. The van der Waals surface area contributed by atoms with Gasteiger partial charge < -0.3 is 10.6 Å². The number of nitrogens with zero attached hydrogens (tertiary/aromatic N) is 2. The summed E-state index contributed by atoms with van der Waals surface area (Å²) in [5.74, 6) is 0.196. The molecule has 108 valence electrons. The van der Waals surface area contributed by atoms with E-state index in [-0.39, 0.29) is 23.6 Å². The largest absolute Gasteiger partial charge is 0.338 e. The summed E-state index contributed by atoms with van der Waals surface area (Å²) in [6, 6.07) is 4.48. The first-order valence-electron chi connectivity index (χ1n) is 6.70. The average molecular weight is 277 g/mol. The quantitative estimate of drug-likeness (QED) is 0.658. The number of nitro benzene ring substituents is 1. The Hall–Kier alpha value is -1.95. The molecule has 1 saturated heterocycles. The molecule has 2 unspecified atom stereocenters. The first kappa shape index (κ1) is 14.5. The normalized spacial score (nSPS) is 22.6. The van der Waals surface area contributed by atoms with Gasteiger partial charge in [-0.25, -0.2) is 0 Å². The summed E-state index contributed by atoms with van der Waals surface area (Å²) in [5.41, 5.74) is 7.11. The van der Waals surface area contributed by atoms with Crippen molar-refractivity contribution in [3.63, 3.8) is 0 Å². The number of piperidine rings is 1. The summed E-state index contributed by atoms with van der Waals surface area (Å²) in [6.45, 7) is 5.03. The standard InChI is InChI=1S/C14H19N3O3/c1-9-7-11(17(19)20)3-4-12(9)14(18)16-6-5-13(15)10(2)8-16/h3-4,7,10,13H,5-6,8,15H2,1-2H3. The SMILES string of the molecule is Cc1cc([N+](=O)[O-])ccc1C(=O)N1CCC(N)C(C)C1. The second-order valence-corrected chi connectivity index (χ2v) is 5.44. The predicted octanol–water partition coefficient (Wildman–Crippen LogP) is 1.71. The van der Waals surface area contributed by atoms with Gasteiger partial charge in [0.1, 0.15) is 0 Å². The van der Waals surface area contributed by atoms with Crippen molar-refractivity contribution in [1.29, 1.82) is 0 Å². The van der Waals surface area contributed by atoms with E-state index < -0.39 is 4.92 Å². The van der Waals surface area contributed by atoms with Gasteiger partial charge in [-0.1, -0.05) is 6.92 Å². The van der Waals surface area contributed by atoms with Crippen molar-refractivity contribution in [3.8, 4) is 0 Å². The number of aryl methyl sites for hydroxylation is 1. The van der Waals surface area contributed by atoms with Crippen molar-refractivity contribution in [2.45, 2.75) is 26.3 Å². The smallest absolute Gasteiger partial charge is 0.269 e. The molecular weight excluding hydrogens is 258 g/mol. The third kappa shape index (κ3) is 2.80. The molecule has 6 heteroatoms. The van der Waals surface area contributed by atoms with E-state index in [9.17, 15) is 14.9 Å². The maximum atomic E-state index is 12.5. The fraction of sp³-hybridized carbons (Fsp3) is 0.500. The lowest BCUT2D eigenvalue weighted by molar-refractivity contribution is -0.384. The molecule has 2 atom stereocenters. The first-order chi connectivity index (χ1) is 9.40. The highest BCUT2D eigenvalue weighted by atomic mass is 16.6. The van der Waals surface area contributed by atoms with E-state index in [0.717, 1.165) is 6.42 Å². The zero-order valence-electron chi connectivity index (χ0n) is 11.7. The summed E-state index contributed by atoms with van der Waals surface area (Å²) in [5, 5.41) is 10.7. The molecule has 6 nitrogen and oxygen atoms in total. The molecule has 0 aliphatic carbocycles. The summed E-state index contributed by atoms with van der Waals surface area (Å²) in [6.07, 6.45) is 0.791. The van der Waals surface area contributed by atoms with Gasteiger partial charge >= 0.3 is 0 Å². The zero-order chi connectivity index (χ0) is 14.9. The molecule has 1 aliphatic rings. The highest BCUT2D eigenvalue weighted by Crippen LogP contribution is 2.21. The molecule has 0 saturated carbocycles. The second kappa shape index (κ2) is 5.58. The van der Waals surface area contributed by atoms with E-state index in [2.05, 4.69) is 0 Å². The van der Waals surface area contributed by atoms with E-state index in [0.29, 0.717) is 24.2 Å². The second-order valence-electron chi connectivity index (χ2n) is 5.44. The number of benzene rings is 1. The number of non-ortho nitro benzene ring substituents is 1. The van der Waals surface area contributed by atoms with Gasteiger partial charge in [0, 0.05) is 36.8 Å². The zero-order valence-corrected chi connectivity index (χ0v) is 11.7. The number of amides is 1. The van der Waals surface area contributed by atoms with Gasteiger partial charge in [-0.05, 0) is 30.9 Å². The van der Waals surface area contributed by atoms with Crippen molar-refractivity contribution in [3.05, 3.63) is 39.4 Å². The number of carbonyl (C=O) groups excluding carboxylic acids is 1. The Bertz CT molecular complexity index is 544. The van der Waals surface area contributed by atoms with E-state index >= 15 is 0 Å². The van der Waals surface area contributed by atoms with Crippen LogP contribution in [0.5, 0.6) is 0 Å². The Kier molecular flexibility index (Phi) is 4.04. The number of carbonyl (C=O) groups is 1. The van der Waals surface area contributed by atoms with Crippen molar-refractivity contribution in [1.82, 2.24) is 4.90 Å². The fourth-order valence-electron chi connectivity index (χ4n) is 2.52. The minimum Gasteiger partial charge on any atom is -0.338 e. The fourth-order valence-corrected chi connectivity index (χ4v) is 2.52. The third-order valence-electron chi connectivity index (χ3n) is 3.91. The van der Waals surface area contributed by atoms with Crippen LogP contribution < -0.4 is 5.73 Å². The maximum Gasteiger partial charge on any atom is 0.269 e. The maximum absolute atomic E-state index is 12.5. The average Bonchev–Trinajstić information content (AvgIpc) is 2.41. The monoisotopic (exact) mass is 277 g/mol. The first-order valence-corrected chi connectivity index (χ1v) is 6.70. The molecule has 0 aromatic heterocycles. The highest BCUT2D eigenvalue weighted by Gasteiger charge is 2.27. The lowest BCUT2D eigenvalue weighted by atomic mass is 9.94. The van der Waals surface area contributed by atoms with Gasteiger partial charge in [0.05, 0.1) is 4.92 Å². The number of rotatable bonds is 2. The van der Waals surface area contributed by atoms with Crippen LogP contribution in [-0.4, -0.2) is 34.9 Å². The molecule has 1 fully saturated rings. The van der Waals surface area contributed by atoms with Crippen LogP contribution >= 0.6 is 0 Å². The Balaban J connectivity index is 2.19. The minimum absolute atomic E-state index is 0.00749. The van der Waals surface area contributed by atoms with Crippen molar-refractivity contribution >= 4 is 11.6 Å². The Morgan fingerprint density at radius 3 is 2.75 bits per heavy atom. The number of nitrogens with two attached hydrogens (primary N) is 1. The van der Waals surface area contributed by atoms with Crippen LogP contribution in [0, 0.1) is 23.0 Å². The highest BCUT2D eigenvalue weighted by molar-refractivity contribution is 5.96. The van der Waals surface area contributed by atoms with E-state index in [1.54, 1.807) is 11.8 Å². The summed E-state index contributed by atoms with van der Waals surface area (Å²) in [4.78, 5) is 24.5. The van der Waals surface area contributed by atoms with Crippen LogP contribution in [0.25, 0.3) is 0 Å². The van der Waals surface area contributed by atoms with E-state index in [4.69, 9.17) is 5.73 Å². The number of hydrogen-bond acceptors (Lipinski definition) is 4. The molecule has 2 N–H and O–H groups in total. The Morgan fingerprint density at radius 1 is 1.50 bits per heavy atom. The van der Waals surface area contributed by atoms with Crippen molar-refractivity contribution in [2.75, 3.05) is 13.1 Å². The Morgan fingerprint density at radius 2 is 2.20 bits per heavy atom. The van der Waals surface area contributed by atoms with Crippen LogP contribution in [0.15, 0.2) is 18.2 Å². The van der Waals surface area contributed by atoms with Crippen LogP contribution in [0.4, 0.5) is 5.69 Å². The molecular formula is C14H19N3O3. The van der Waals surface area contributed by atoms with Gasteiger partial charge in [0.25, 0.3) is 11.6 Å². The van der Waals surface area contributed by atoms with Crippen LogP contribution in [0.3, 0.4) is 0 Å². The molecule has 0 radical (unpaired) electrons. The molecule has 0 bridgehead atoms. The van der Waals surface area contributed by atoms with E-state index in [1.165, 1.54) is 18.2 Å². The lowest BCUT2D eigenvalue weighted by Gasteiger charge is -2.35.